The zero-order valence-electron chi connectivity index (χ0n) is 10.1. The highest BCUT2D eigenvalue weighted by Crippen LogP contribution is 2.29. The summed E-state index contributed by atoms with van der Waals surface area (Å²) < 4.78 is 35.7. The van der Waals surface area contributed by atoms with Gasteiger partial charge in [-0.05, 0) is 19.4 Å². The molecule has 0 aliphatic carbocycles. The molecule has 1 fully saturated rings. The van der Waals surface area contributed by atoms with Gasteiger partial charge in [-0.2, -0.15) is 8.42 Å². The fourth-order valence-corrected chi connectivity index (χ4v) is 2.65. The first-order valence-electron chi connectivity index (χ1n) is 4.93. The maximum Gasteiger partial charge on any atom is 0.354 e. The molecule has 2 atom stereocenters. The largest absolute Gasteiger partial charge is 0.464 e. The van der Waals surface area contributed by atoms with Gasteiger partial charge in [-0.1, -0.05) is 0 Å². The molecule has 1 amide bonds. The standard InChI is InChI=1S/C9H14N2O6S/c1-4(2)6(9(13)17-3)11-7(12)5(10)8(11)18(14,15)16/h5,8H,10H2,1-3H3,(H,14,15,16)/t5-,8+/m0/s1. The number of hydrogen-bond acceptors (Lipinski definition) is 6. The monoisotopic (exact) mass is 278 g/mol. The fourth-order valence-electron chi connectivity index (χ4n) is 1.68. The summed E-state index contributed by atoms with van der Waals surface area (Å²) in [6.45, 7) is 3.01. The van der Waals surface area contributed by atoms with Crippen molar-refractivity contribution in [2.24, 2.45) is 5.73 Å². The molecule has 102 valence electrons. The van der Waals surface area contributed by atoms with Crippen molar-refractivity contribution in [1.29, 1.82) is 0 Å². The molecule has 3 N–H and O–H groups in total. The van der Waals surface area contributed by atoms with Crippen LogP contribution < -0.4 is 5.73 Å². The molecule has 1 aliphatic rings. The van der Waals surface area contributed by atoms with Crippen molar-refractivity contribution >= 4 is 22.0 Å². The summed E-state index contributed by atoms with van der Waals surface area (Å²) in [6, 6.07) is -1.39. The number of allylic oxidation sites excluding steroid dienone is 1. The maximum atomic E-state index is 11.6. The smallest absolute Gasteiger partial charge is 0.354 e. The molecule has 9 heteroatoms. The van der Waals surface area contributed by atoms with Crippen molar-refractivity contribution in [2.45, 2.75) is 25.3 Å². The Morgan fingerprint density at radius 3 is 2.28 bits per heavy atom. The molecule has 0 aromatic carbocycles. The van der Waals surface area contributed by atoms with E-state index in [2.05, 4.69) is 4.74 Å². The van der Waals surface area contributed by atoms with Crippen LogP contribution in [0.5, 0.6) is 0 Å². The van der Waals surface area contributed by atoms with Crippen molar-refractivity contribution in [2.75, 3.05) is 7.11 Å². The minimum absolute atomic E-state index is 0.230. The normalized spacial score (nSPS) is 23.4. The van der Waals surface area contributed by atoms with Gasteiger partial charge in [0.2, 0.25) is 5.91 Å². The fraction of sp³-hybridized carbons (Fsp3) is 0.556. The van der Waals surface area contributed by atoms with E-state index in [1.807, 2.05) is 0 Å². The predicted molar refractivity (Wildman–Crippen MR) is 60.5 cm³/mol. The van der Waals surface area contributed by atoms with Gasteiger partial charge in [0, 0.05) is 0 Å². The van der Waals surface area contributed by atoms with Crippen LogP contribution in [0.15, 0.2) is 11.3 Å². The van der Waals surface area contributed by atoms with Crippen molar-refractivity contribution in [3.8, 4) is 0 Å². The third-order valence-electron chi connectivity index (χ3n) is 2.48. The summed E-state index contributed by atoms with van der Waals surface area (Å²) in [7, 11) is -3.48. The van der Waals surface area contributed by atoms with Crippen molar-refractivity contribution in [3.05, 3.63) is 11.3 Å². The number of rotatable bonds is 3. The zero-order valence-corrected chi connectivity index (χ0v) is 10.9. The lowest BCUT2D eigenvalue weighted by Crippen LogP contribution is -2.71. The highest BCUT2D eigenvalue weighted by molar-refractivity contribution is 7.86. The summed E-state index contributed by atoms with van der Waals surface area (Å²) in [5.74, 6) is -1.64. The van der Waals surface area contributed by atoms with Crippen molar-refractivity contribution in [3.63, 3.8) is 0 Å². The summed E-state index contributed by atoms with van der Waals surface area (Å²) in [5.41, 5.74) is 5.46. The molecule has 8 nitrogen and oxygen atoms in total. The summed E-state index contributed by atoms with van der Waals surface area (Å²) >= 11 is 0. The number of nitrogens with two attached hydrogens (primary N) is 1. The van der Waals surface area contributed by atoms with Crippen LogP contribution in [0.4, 0.5) is 0 Å². The minimum atomic E-state index is -4.58. The number of β-lactam (4-membered cyclic amide) rings is 1. The van der Waals surface area contributed by atoms with Gasteiger partial charge >= 0.3 is 5.97 Å². The van der Waals surface area contributed by atoms with Crippen LogP contribution in [0.1, 0.15) is 13.8 Å². The lowest BCUT2D eigenvalue weighted by molar-refractivity contribution is -0.149. The topological polar surface area (TPSA) is 127 Å². The third kappa shape index (κ3) is 2.24. The molecule has 0 bridgehead atoms. The van der Waals surface area contributed by atoms with E-state index < -0.39 is 33.4 Å². The van der Waals surface area contributed by atoms with Gasteiger partial charge in [0.25, 0.3) is 10.1 Å². The van der Waals surface area contributed by atoms with Gasteiger partial charge in [-0.25, -0.2) is 4.79 Å². The average Bonchev–Trinajstić information content (AvgIpc) is 2.24. The lowest BCUT2D eigenvalue weighted by atomic mass is 10.1. The number of ether oxygens (including phenoxy) is 1. The Labute approximate surface area is 104 Å². The highest BCUT2D eigenvalue weighted by Gasteiger charge is 2.55. The van der Waals surface area contributed by atoms with E-state index >= 15 is 0 Å². The number of methoxy groups -OCH3 is 1. The predicted octanol–water partition coefficient (Wildman–Crippen LogP) is -1.16. The SMILES string of the molecule is COC(=O)C(=C(C)C)N1C(=O)[C@H](N)[C@H]1S(=O)(=O)O. The number of esters is 1. The van der Waals surface area contributed by atoms with Gasteiger partial charge in [0.1, 0.15) is 11.7 Å². The number of carbonyl (C=O) groups is 2. The Hall–Kier alpha value is -1.45. The van der Waals surface area contributed by atoms with E-state index in [0.717, 1.165) is 7.11 Å². The minimum Gasteiger partial charge on any atom is -0.464 e. The Kier molecular flexibility index (Phi) is 3.79. The summed E-state index contributed by atoms with van der Waals surface area (Å²) in [4.78, 5) is 23.7. The third-order valence-corrected chi connectivity index (χ3v) is 3.60. The number of amides is 1. The van der Waals surface area contributed by atoms with Crippen LogP contribution in [0.2, 0.25) is 0 Å². The zero-order chi connectivity index (χ0) is 14.2. The van der Waals surface area contributed by atoms with Crippen molar-refractivity contribution in [1.82, 2.24) is 4.90 Å². The van der Waals surface area contributed by atoms with Crippen molar-refractivity contribution < 1.29 is 27.3 Å². The van der Waals surface area contributed by atoms with Crippen LogP contribution in [0.25, 0.3) is 0 Å². The second kappa shape index (κ2) is 4.67. The summed E-state index contributed by atoms with van der Waals surface area (Å²) in [5, 5.41) is -1.66. The van der Waals surface area contributed by atoms with E-state index in [9.17, 15) is 18.0 Å². The van der Waals surface area contributed by atoms with E-state index in [4.69, 9.17) is 10.3 Å². The Balaban J connectivity index is 3.26. The number of nitrogens with zero attached hydrogens (tertiary/aromatic N) is 1. The second-order valence-electron chi connectivity index (χ2n) is 3.98. The quantitative estimate of drug-likeness (QED) is 0.288. The molecule has 18 heavy (non-hydrogen) atoms. The molecule has 1 aliphatic heterocycles. The average molecular weight is 278 g/mol. The summed E-state index contributed by atoms with van der Waals surface area (Å²) in [6.07, 6.45) is 0. The molecule has 0 spiro atoms. The Bertz CT molecular complexity index is 519. The van der Waals surface area contributed by atoms with Crippen LogP contribution in [0, 0.1) is 0 Å². The maximum absolute atomic E-state index is 11.6. The van der Waals surface area contributed by atoms with Gasteiger partial charge in [0.15, 0.2) is 5.37 Å². The van der Waals surface area contributed by atoms with Crippen LogP contribution in [-0.2, 0) is 24.4 Å². The molecular weight excluding hydrogens is 264 g/mol. The van der Waals surface area contributed by atoms with Gasteiger partial charge in [0.05, 0.1) is 7.11 Å². The molecule has 0 radical (unpaired) electrons. The second-order valence-corrected chi connectivity index (χ2v) is 5.49. The molecule has 0 aromatic rings. The number of carbonyl (C=O) groups excluding carboxylic acids is 2. The molecule has 0 saturated carbocycles. The van der Waals surface area contributed by atoms with Gasteiger partial charge < -0.3 is 10.5 Å². The molecule has 1 rings (SSSR count). The van der Waals surface area contributed by atoms with Crippen LogP contribution in [-0.4, -0.2) is 48.3 Å². The number of likely N-dealkylation sites (tertiary alicyclic amines) is 1. The first kappa shape index (κ1) is 14.6. The molecule has 0 unspecified atom stereocenters. The molecule has 1 saturated heterocycles. The van der Waals surface area contributed by atoms with E-state index in [1.165, 1.54) is 13.8 Å². The van der Waals surface area contributed by atoms with Gasteiger partial charge in [-0.15, -0.1) is 0 Å². The highest BCUT2D eigenvalue weighted by atomic mass is 32.2. The molecule has 1 heterocycles. The Morgan fingerprint density at radius 1 is 1.44 bits per heavy atom. The number of hydrogen-bond donors (Lipinski definition) is 2. The first-order chi connectivity index (χ1) is 8.12. The lowest BCUT2D eigenvalue weighted by Gasteiger charge is -2.43. The van der Waals surface area contributed by atoms with E-state index in [0.29, 0.717) is 10.5 Å². The van der Waals surface area contributed by atoms with Crippen LogP contribution >= 0.6 is 0 Å². The van der Waals surface area contributed by atoms with E-state index in [1.54, 1.807) is 0 Å². The van der Waals surface area contributed by atoms with Gasteiger partial charge in [-0.3, -0.25) is 14.2 Å². The van der Waals surface area contributed by atoms with Crippen LogP contribution in [0.3, 0.4) is 0 Å². The Morgan fingerprint density at radius 2 is 1.94 bits per heavy atom. The van der Waals surface area contributed by atoms with E-state index in [-0.39, 0.29) is 5.70 Å². The first-order valence-corrected chi connectivity index (χ1v) is 6.44. The molecular formula is C9H14N2O6S. The molecule has 0 aromatic heterocycles.